The zero-order valence-electron chi connectivity index (χ0n) is 9.16. The minimum absolute atomic E-state index is 0.0287. The Morgan fingerprint density at radius 1 is 1.57 bits per heavy atom. The molecule has 0 aliphatic carbocycles. The highest BCUT2D eigenvalue weighted by atomic mass is 16.4. The first-order chi connectivity index (χ1) is 6.52. The Hall–Kier alpha value is -1.01. The van der Waals surface area contributed by atoms with Crippen LogP contribution in [0.25, 0.3) is 0 Å². The smallest absolute Gasteiger partial charge is 0.317 e. The van der Waals surface area contributed by atoms with Crippen molar-refractivity contribution in [3.8, 4) is 12.3 Å². The van der Waals surface area contributed by atoms with E-state index in [1.165, 1.54) is 0 Å². The van der Waals surface area contributed by atoms with Crippen molar-refractivity contribution >= 4 is 5.97 Å². The molecule has 0 spiro atoms. The molecule has 0 aliphatic rings. The summed E-state index contributed by atoms with van der Waals surface area (Å²) in [5, 5.41) is 8.73. The van der Waals surface area contributed by atoms with Crippen LogP contribution in [0.15, 0.2) is 0 Å². The zero-order valence-corrected chi connectivity index (χ0v) is 9.16. The Balaban J connectivity index is 4.44. The molecule has 0 rings (SSSR count). The minimum Gasteiger partial charge on any atom is -0.480 e. The van der Waals surface area contributed by atoms with Crippen LogP contribution in [0.5, 0.6) is 0 Å². The number of aliphatic carboxylic acids is 1. The summed E-state index contributed by atoms with van der Waals surface area (Å²) >= 11 is 0. The molecular weight excluding hydrogens is 178 g/mol. The molecule has 0 aromatic rings. The fourth-order valence-corrected chi connectivity index (χ4v) is 1.73. The van der Waals surface area contributed by atoms with Gasteiger partial charge in [-0.3, -0.25) is 9.69 Å². The summed E-state index contributed by atoms with van der Waals surface area (Å²) in [6.45, 7) is 6.65. The van der Waals surface area contributed by atoms with Gasteiger partial charge in [0.25, 0.3) is 0 Å². The molecule has 0 amide bonds. The third-order valence-corrected chi connectivity index (χ3v) is 2.29. The van der Waals surface area contributed by atoms with Crippen molar-refractivity contribution in [3.63, 3.8) is 0 Å². The van der Waals surface area contributed by atoms with E-state index in [0.29, 0.717) is 12.5 Å². The quantitative estimate of drug-likeness (QED) is 0.655. The topological polar surface area (TPSA) is 40.5 Å². The first-order valence-corrected chi connectivity index (χ1v) is 4.92. The fourth-order valence-electron chi connectivity index (χ4n) is 1.73. The van der Waals surface area contributed by atoms with Gasteiger partial charge in [0.05, 0.1) is 13.1 Å². The Morgan fingerprint density at radius 3 is 2.43 bits per heavy atom. The van der Waals surface area contributed by atoms with Crippen molar-refractivity contribution < 1.29 is 9.90 Å². The lowest BCUT2D eigenvalue weighted by molar-refractivity contribution is -0.139. The van der Waals surface area contributed by atoms with E-state index in [-0.39, 0.29) is 12.6 Å². The summed E-state index contributed by atoms with van der Waals surface area (Å²) in [5.74, 6) is 2.11. The lowest BCUT2D eigenvalue weighted by Crippen LogP contribution is -2.42. The Kier molecular flexibility index (Phi) is 5.98. The molecule has 1 N–H and O–H groups in total. The number of rotatable bonds is 6. The number of carboxylic acids is 1. The van der Waals surface area contributed by atoms with E-state index in [9.17, 15) is 4.79 Å². The van der Waals surface area contributed by atoms with Crippen molar-refractivity contribution in [1.82, 2.24) is 4.90 Å². The molecule has 0 bridgehead atoms. The Morgan fingerprint density at radius 2 is 2.14 bits per heavy atom. The Bertz CT molecular complexity index is 218. The van der Waals surface area contributed by atoms with Gasteiger partial charge in [-0.2, -0.15) is 0 Å². The normalized spacial score (nSPS) is 12.9. The van der Waals surface area contributed by atoms with E-state index >= 15 is 0 Å². The largest absolute Gasteiger partial charge is 0.480 e. The van der Waals surface area contributed by atoms with E-state index in [1.54, 1.807) is 0 Å². The summed E-state index contributed by atoms with van der Waals surface area (Å²) < 4.78 is 0. The summed E-state index contributed by atoms with van der Waals surface area (Å²) in [6.07, 6.45) is 6.14. The number of carbonyl (C=O) groups is 1. The van der Waals surface area contributed by atoms with Gasteiger partial charge >= 0.3 is 5.97 Å². The molecule has 80 valence electrons. The standard InChI is InChI=1S/C11H19NO2/c1-5-7-12(8-11(13)14)10(6-2)9(3)4/h1,9-10H,6-8H2,2-4H3,(H,13,14). The average Bonchev–Trinajstić information content (AvgIpc) is 2.03. The Labute approximate surface area is 86.1 Å². The van der Waals surface area contributed by atoms with Gasteiger partial charge in [-0.25, -0.2) is 0 Å². The molecule has 0 saturated heterocycles. The first kappa shape index (κ1) is 13.0. The minimum atomic E-state index is -0.820. The zero-order chi connectivity index (χ0) is 11.1. The SMILES string of the molecule is C#CCN(CC(=O)O)C(CC)C(C)C. The molecular formula is C11H19NO2. The molecule has 3 nitrogen and oxygen atoms in total. The lowest BCUT2D eigenvalue weighted by atomic mass is 10.00. The van der Waals surface area contributed by atoms with Crippen LogP contribution in [0, 0.1) is 18.3 Å². The summed E-state index contributed by atoms with van der Waals surface area (Å²) in [5.41, 5.74) is 0. The van der Waals surface area contributed by atoms with E-state index in [2.05, 4.69) is 26.7 Å². The van der Waals surface area contributed by atoms with Crippen molar-refractivity contribution in [1.29, 1.82) is 0 Å². The van der Waals surface area contributed by atoms with Gasteiger partial charge in [0.15, 0.2) is 0 Å². The first-order valence-electron chi connectivity index (χ1n) is 4.92. The monoisotopic (exact) mass is 197 g/mol. The van der Waals surface area contributed by atoms with Crippen LogP contribution >= 0.6 is 0 Å². The van der Waals surface area contributed by atoms with Gasteiger partial charge < -0.3 is 5.11 Å². The molecule has 1 unspecified atom stereocenters. The third-order valence-electron chi connectivity index (χ3n) is 2.29. The number of terminal acetylenes is 1. The van der Waals surface area contributed by atoms with E-state index < -0.39 is 5.97 Å². The maximum absolute atomic E-state index is 10.6. The van der Waals surface area contributed by atoms with E-state index in [0.717, 1.165) is 6.42 Å². The van der Waals surface area contributed by atoms with Crippen molar-refractivity contribution in [2.75, 3.05) is 13.1 Å². The van der Waals surface area contributed by atoms with E-state index in [4.69, 9.17) is 11.5 Å². The molecule has 0 aromatic carbocycles. The van der Waals surface area contributed by atoms with Crippen LogP contribution in [0.3, 0.4) is 0 Å². The fraction of sp³-hybridized carbons (Fsp3) is 0.727. The van der Waals surface area contributed by atoms with Crippen LogP contribution < -0.4 is 0 Å². The number of carboxylic acid groups (broad SMARTS) is 1. The highest BCUT2D eigenvalue weighted by Gasteiger charge is 2.21. The highest BCUT2D eigenvalue weighted by Crippen LogP contribution is 2.13. The second kappa shape index (κ2) is 6.44. The van der Waals surface area contributed by atoms with Crippen LogP contribution in [0.2, 0.25) is 0 Å². The van der Waals surface area contributed by atoms with Crippen molar-refractivity contribution in [2.24, 2.45) is 5.92 Å². The van der Waals surface area contributed by atoms with Gasteiger partial charge in [-0.05, 0) is 12.3 Å². The molecule has 3 heteroatoms. The predicted octanol–water partition coefficient (Wildman–Crippen LogP) is 1.44. The highest BCUT2D eigenvalue weighted by molar-refractivity contribution is 5.69. The summed E-state index contributed by atoms with van der Waals surface area (Å²) in [6, 6.07) is 0.252. The van der Waals surface area contributed by atoms with Crippen LogP contribution in [0.4, 0.5) is 0 Å². The van der Waals surface area contributed by atoms with Gasteiger partial charge in [-0.1, -0.05) is 26.7 Å². The van der Waals surface area contributed by atoms with Crippen LogP contribution in [-0.4, -0.2) is 35.1 Å². The van der Waals surface area contributed by atoms with Gasteiger partial charge in [0.2, 0.25) is 0 Å². The number of hydrogen-bond acceptors (Lipinski definition) is 2. The number of hydrogen-bond donors (Lipinski definition) is 1. The van der Waals surface area contributed by atoms with E-state index in [1.807, 2.05) is 4.90 Å². The molecule has 0 aromatic heterocycles. The average molecular weight is 197 g/mol. The lowest BCUT2D eigenvalue weighted by Gasteiger charge is -2.30. The number of nitrogens with zero attached hydrogens (tertiary/aromatic N) is 1. The second-order valence-corrected chi connectivity index (χ2v) is 3.72. The molecule has 0 radical (unpaired) electrons. The maximum atomic E-state index is 10.6. The van der Waals surface area contributed by atoms with Gasteiger partial charge in [0.1, 0.15) is 0 Å². The predicted molar refractivity (Wildman–Crippen MR) is 57.0 cm³/mol. The molecule has 0 aliphatic heterocycles. The van der Waals surface area contributed by atoms with Crippen molar-refractivity contribution in [2.45, 2.75) is 33.2 Å². The van der Waals surface area contributed by atoms with Crippen LogP contribution in [0.1, 0.15) is 27.2 Å². The maximum Gasteiger partial charge on any atom is 0.317 e. The third kappa shape index (κ3) is 4.29. The van der Waals surface area contributed by atoms with Crippen LogP contribution in [-0.2, 0) is 4.79 Å². The summed E-state index contributed by atoms with van der Waals surface area (Å²) in [7, 11) is 0. The van der Waals surface area contributed by atoms with Gasteiger partial charge in [0, 0.05) is 6.04 Å². The van der Waals surface area contributed by atoms with Crippen molar-refractivity contribution in [3.05, 3.63) is 0 Å². The molecule has 0 heterocycles. The second-order valence-electron chi connectivity index (χ2n) is 3.72. The van der Waals surface area contributed by atoms with Gasteiger partial charge in [-0.15, -0.1) is 6.42 Å². The molecule has 0 fully saturated rings. The summed E-state index contributed by atoms with van der Waals surface area (Å²) in [4.78, 5) is 12.5. The molecule has 0 saturated carbocycles. The molecule has 14 heavy (non-hydrogen) atoms. The molecule has 1 atom stereocenters.